The van der Waals surface area contributed by atoms with E-state index in [-0.39, 0.29) is 11.6 Å². The van der Waals surface area contributed by atoms with Crippen molar-refractivity contribution >= 4 is 39.2 Å². The maximum absolute atomic E-state index is 10.9. The van der Waals surface area contributed by atoms with Gasteiger partial charge in [-0.05, 0) is 58.7 Å². The molecule has 0 aliphatic heterocycles. The molecule has 0 amide bonds. The Morgan fingerprint density at radius 1 is 1.30 bits per heavy atom. The number of carbonyl (C=O) groups is 1. The van der Waals surface area contributed by atoms with Crippen LogP contribution >= 0.6 is 27.5 Å². The minimum absolute atomic E-state index is 0.0660. The van der Waals surface area contributed by atoms with Gasteiger partial charge in [-0.1, -0.05) is 23.7 Å². The van der Waals surface area contributed by atoms with Gasteiger partial charge >= 0.3 is 5.97 Å². The maximum atomic E-state index is 10.9. The lowest BCUT2D eigenvalue weighted by Gasteiger charge is -2.16. The molecule has 0 saturated heterocycles. The zero-order chi connectivity index (χ0) is 14.7. The van der Waals surface area contributed by atoms with E-state index in [4.69, 9.17) is 16.7 Å². The number of halogens is 2. The second-order valence-corrected chi connectivity index (χ2v) is 5.71. The SMILES string of the molecule is CC(Nc1ccc(C(=O)O)c(Br)c1)c1cccc(Cl)c1. The number of benzene rings is 2. The van der Waals surface area contributed by atoms with E-state index in [1.54, 1.807) is 18.2 Å². The zero-order valence-electron chi connectivity index (χ0n) is 10.7. The van der Waals surface area contributed by atoms with Crippen LogP contribution in [0.5, 0.6) is 0 Å². The first kappa shape index (κ1) is 14.9. The quantitative estimate of drug-likeness (QED) is 0.814. The van der Waals surface area contributed by atoms with E-state index >= 15 is 0 Å². The highest BCUT2D eigenvalue weighted by atomic mass is 79.9. The van der Waals surface area contributed by atoms with E-state index in [0.29, 0.717) is 9.50 Å². The first-order valence-electron chi connectivity index (χ1n) is 6.02. The van der Waals surface area contributed by atoms with Gasteiger partial charge < -0.3 is 10.4 Å². The highest BCUT2D eigenvalue weighted by Crippen LogP contribution is 2.26. The van der Waals surface area contributed by atoms with Crippen molar-refractivity contribution in [1.29, 1.82) is 0 Å². The van der Waals surface area contributed by atoms with E-state index in [0.717, 1.165) is 11.3 Å². The highest BCUT2D eigenvalue weighted by molar-refractivity contribution is 9.10. The number of carboxylic acids is 1. The molecule has 0 aromatic heterocycles. The van der Waals surface area contributed by atoms with E-state index in [2.05, 4.69) is 21.2 Å². The van der Waals surface area contributed by atoms with Crippen LogP contribution in [0.15, 0.2) is 46.9 Å². The summed E-state index contributed by atoms with van der Waals surface area (Å²) in [6.45, 7) is 2.02. The molecule has 2 aromatic carbocycles. The first-order chi connectivity index (χ1) is 9.47. The normalized spacial score (nSPS) is 11.9. The van der Waals surface area contributed by atoms with Crippen LogP contribution in [0.25, 0.3) is 0 Å². The number of aromatic carboxylic acids is 1. The van der Waals surface area contributed by atoms with Gasteiger partial charge in [0.25, 0.3) is 0 Å². The van der Waals surface area contributed by atoms with Gasteiger partial charge in [0.05, 0.1) is 5.56 Å². The van der Waals surface area contributed by atoms with Gasteiger partial charge in [-0.15, -0.1) is 0 Å². The lowest BCUT2D eigenvalue weighted by atomic mass is 10.1. The molecule has 104 valence electrons. The third-order valence-electron chi connectivity index (χ3n) is 2.93. The number of carboxylic acid groups (broad SMARTS) is 1. The van der Waals surface area contributed by atoms with Crippen LogP contribution in [0.2, 0.25) is 5.02 Å². The zero-order valence-corrected chi connectivity index (χ0v) is 13.1. The van der Waals surface area contributed by atoms with Gasteiger partial charge in [-0.25, -0.2) is 4.79 Å². The lowest BCUT2D eigenvalue weighted by Crippen LogP contribution is -2.07. The summed E-state index contributed by atoms with van der Waals surface area (Å²) in [7, 11) is 0. The van der Waals surface area contributed by atoms with Crippen LogP contribution in [0.4, 0.5) is 5.69 Å². The Bertz CT molecular complexity index is 646. The van der Waals surface area contributed by atoms with Crippen molar-refractivity contribution in [2.24, 2.45) is 0 Å². The number of nitrogens with one attached hydrogen (secondary N) is 1. The minimum Gasteiger partial charge on any atom is -0.478 e. The van der Waals surface area contributed by atoms with Crippen LogP contribution in [0.3, 0.4) is 0 Å². The molecule has 20 heavy (non-hydrogen) atoms. The monoisotopic (exact) mass is 353 g/mol. The van der Waals surface area contributed by atoms with Crippen molar-refractivity contribution in [3.63, 3.8) is 0 Å². The third-order valence-corrected chi connectivity index (χ3v) is 3.82. The second kappa shape index (κ2) is 6.29. The molecule has 3 nitrogen and oxygen atoms in total. The Morgan fingerprint density at radius 2 is 2.05 bits per heavy atom. The summed E-state index contributed by atoms with van der Waals surface area (Å²) in [5.41, 5.74) is 2.15. The molecule has 0 saturated carbocycles. The molecule has 0 radical (unpaired) electrons. The van der Waals surface area contributed by atoms with Crippen molar-refractivity contribution in [1.82, 2.24) is 0 Å². The van der Waals surface area contributed by atoms with Gasteiger partial charge in [-0.3, -0.25) is 0 Å². The van der Waals surface area contributed by atoms with E-state index in [9.17, 15) is 4.79 Å². The largest absolute Gasteiger partial charge is 0.478 e. The van der Waals surface area contributed by atoms with E-state index in [1.165, 1.54) is 0 Å². The fourth-order valence-electron chi connectivity index (χ4n) is 1.89. The lowest BCUT2D eigenvalue weighted by molar-refractivity contribution is 0.0696. The molecule has 0 aliphatic rings. The summed E-state index contributed by atoms with van der Waals surface area (Å²) in [5.74, 6) is -0.952. The Morgan fingerprint density at radius 3 is 2.65 bits per heavy atom. The van der Waals surface area contributed by atoms with E-state index in [1.807, 2.05) is 31.2 Å². The molecule has 2 N–H and O–H groups in total. The summed E-state index contributed by atoms with van der Waals surface area (Å²) in [6.07, 6.45) is 0. The Kier molecular flexibility index (Phi) is 4.68. The van der Waals surface area contributed by atoms with Crippen LogP contribution in [0.1, 0.15) is 28.9 Å². The van der Waals surface area contributed by atoms with Crippen LogP contribution in [0, 0.1) is 0 Å². The molecule has 0 fully saturated rings. The molecule has 5 heteroatoms. The molecular formula is C15H13BrClNO2. The van der Waals surface area contributed by atoms with Crippen molar-refractivity contribution in [3.8, 4) is 0 Å². The molecule has 1 unspecified atom stereocenters. The molecule has 0 heterocycles. The van der Waals surface area contributed by atoms with Crippen LogP contribution < -0.4 is 5.32 Å². The highest BCUT2D eigenvalue weighted by Gasteiger charge is 2.10. The molecule has 2 rings (SSSR count). The molecule has 2 aromatic rings. The standard InChI is InChI=1S/C15H13BrClNO2/c1-9(10-3-2-4-11(17)7-10)18-12-5-6-13(15(19)20)14(16)8-12/h2-9,18H,1H3,(H,19,20). The maximum Gasteiger partial charge on any atom is 0.336 e. The first-order valence-corrected chi connectivity index (χ1v) is 7.19. The molecular weight excluding hydrogens is 342 g/mol. The van der Waals surface area contributed by atoms with Crippen LogP contribution in [-0.4, -0.2) is 11.1 Å². The Balaban J connectivity index is 2.18. The predicted molar refractivity (Wildman–Crippen MR) is 84.6 cm³/mol. The Hall–Kier alpha value is -1.52. The Labute approximate surface area is 130 Å². The fraction of sp³-hybridized carbons (Fsp3) is 0.133. The van der Waals surface area contributed by atoms with Gasteiger partial charge in [0.2, 0.25) is 0 Å². The number of rotatable bonds is 4. The summed E-state index contributed by atoms with van der Waals surface area (Å²) < 4.78 is 0.549. The van der Waals surface area contributed by atoms with Crippen molar-refractivity contribution in [2.75, 3.05) is 5.32 Å². The molecule has 0 bridgehead atoms. The summed E-state index contributed by atoms with van der Waals surface area (Å²) in [5, 5.41) is 13.0. The smallest absolute Gasteiger partial charge is 0.336 e. The van der Waals surface area contributed by atoms with E-state index < -0.39 is 5.97 Å². The fourth-order valence-corrected chi connectivity index (χ4v) is 2.63. The number of hydrogen-bond donors (Lipinski definition) is 2. The second-order valence-electron chi connectivity index (χ2n) is 4.42. The predicted octanol–water partition coefficient (Wildman–Crippen LogP) is 4.97. The average molecular weight is 355 g/mol. The molecule has 0 spiro atoms. The third kappa shape index (κ3) is 3.52. The summed E-state index contributed by atoms with van der Waals surface area (Å²) in [6, 6.07) is 12.8. The van der Waals surface area contributed by atoms with Gasteiger partial charge in [-0.2, -0.15) is 0 Å². The van der Waals surface area contributed by atoms with Gasteiger partial charge in [0, 0.05) is 21.2 Å². The number of anilines is 1. The molecule has 1 atom stereocenters. The minimum atomic E-state index is -0.952. The van der Waals surface area contributed by atoms with Gasteiger partial charge in [0.15, 0.2) is 0 Å². The summed E-state index contributed by atoms with van der Waals surface area (Å²) >= 11 is 9.24. The van der Waals surface area contributed by atoms with Crippen molar-refractivity contribution < 1.29 is 9.90 Å². The molecule has 0 aliphatic carbocycles. The van der Waals surface area contributed by atoms with Crippen LogP contribution in [-0.2, 0) is 0 Å². The van der Waals surface area contributed by atoms with Crippen molar-refractivity contribution in [3.05, 3.63) is 63.1 Å². The average Bonchev–Trinajstić information content (AvgIpc) is 2.38. The number of hydrogen-bond acceptors (Lipinski definition) is 2. The van der Waals surface area contributed by atoms with Crippen molar-refractivity contribution in [2.45, 2.75) is 13.0 Å². The summed E-state index contributed by atoms with van der Waals surface area (Å²) in [4.78, 5) is 10.9. The van der Waals surface area contributed by atoms with Gasteiger partial charge in [0.1, 0.15) is 0 Å². The topological polar surface area (TPSA) is 49.3 Å².